The van der Waals surface area contributed by atoms with Gasteiger partial charge >= 0.3 is 6.03 Å². The lowest BCUT2D eigenvalue weighted by molar-refractivity contribution is -0.0707. The van der Waals surface area contributed by atoms with Gasteiger partial charge in [0.1, 0.15) is 0 Å². The summed E-state index contributed by atoms with van der Waals surface area (Å²) in [6.07, 6.45) is 8.38. The monoisotopic (exact) mass is 368 g/mol. The number of fused-ring (bicyclic) bond motifs is 1. The van der Waals surface area contributed by atoms with Crippen molar-refractivity contribution in [1.29, 1.82) is 0 Å². The summed E-state index contributed by atoms with van der Waals surface area (Å²) in [6, 6.07) is 6.35. The van der Waals surface area contributed by atoms with Gasteiger partial charge in [-0.1, -0.05) is 11.6 Å². The average Bonchev–Trinajstić information content (AvgIpc) is 2.92. The van der Waals surface area contributed by atoms with E-state index in [1.165, 1.54) is 48.7 Å². The predicted octanol–water partition coefficient (Wildman–Crippen LogP) is 3.24. The summed E-state index contributed by atoms with van der Waals surface area (Å²) < 4.78 is 1.80. The lowest BCUT2D eigenvalue weighted by Gasteiger charge is -2.59. The molecule has 1 aliphatic heterocycles. The van der Waals surface area contributed by atoms with Crippen LogP contribution in [0.25, 0.3) is 10.9 Å². The number of amides is 1. The maximum absolute atomic E-state index is 12.9. The van der Waals surface area contributed by atoms with E-state index >= 15 is 0 Å². The van der Waals surface area contributed by atoms with Gasteiger partial charge in [0.15, 0.2) is 0 Å². The fourth-order valence-electron chi connectivity index (χ4n) is 4.59. The van der Waals surface area contributed by atoms with Gasteiger partial charge in [-0.2, -0.15) is 0 Å². The van der Waals surface area contributed by atoms with Crippen molar-refractivity contribution in [2.75, 3.05) is 40.3 Å². The molecule has 2 aromatic rings. The van der Waals surface area contributed by atoms with Crippen LogP contribution < -0.4 is 5.32 Å². The zero-order valence-corrected chi connectivity index (χ0v) is 16.9. The molecule has 0 unspecified atom stereocenters. The smallest absolute Gasteiger partial charge is 0.326 e. The molecule has 1 spiro atoms. The zero-order chi connectivity index (χ0) is 19.0. The number of aryl methyl sites for hydroxylation is 1. The summed E-state index contributed by atoms with van der Waals surface area (Å²) in [4.78, 5) is 17.6. The third kappa shape index (κ3) is 3.50. The highest BCUT2D eigenvalue weighted by Crippen LogP contribution is 2.46. The molecule has 146 valence electrons. The third-order valence-corrected chi connectivity index (χ3v) is 6.55. The van der Waals surface area contributed by atoms with Crippen molar-refractivity contribution in [3.05, 3.63) is 35.5 Å². The number of hydrogen-bond donors (Lipinski definition) is 1. The molecule has 2 fully saturated rings. The number of carbonyl (C=O) groups is 1. The van der Waals surface area contributed by atoms with Crippen LogP contribution in [0.3, 0.4) is 0 Å². The second-order valence-corrected chi connectivity index (χ2v) is 8.65. The number of likely N-dealkylation sites (N-methyl/N-ethyl adjacent to an activating group) is 1. The van der Waals surface area contributed by atoms with Crippen molar-refractivity contribution in [3.63, 3.8) is 0 Å². The Balaban J connectivity index is 1.44. The molecular weight excluding hydrogens is 336 g/mol. The van der Waals surface area contributed by atoms with Gasteiger partial charge in [0, 0.05) is 43.3 Å². The molecule has 1 aliphatic carbocycles. The third-order valence-electron chi connectivity index (χ3n) is 6.55. The van der Waals surface area contributed by atoms with Gasteiger partial charge in [0.05, 0.1) is 5.52 Å². The van der Waals surface area contributed by atoms with Crippen molar-refractivity contribution >= 4 is 16.9 Å². The normalized spacial score (nSPS) is 18.7. The van der Waals surface area contributed by atoms with Crippen LogP contribution in [0.1, 0.15) is 36.8 Å². The maximum atomic E-state index is 12.9. The van der Waals surface area contributed by atoms with Crippen LogP contribution in [0.4, 0.5) is 4.79 Å². The summed E-state index contributed by atoms with van der Waals surface area (Å²) in [7, 11) is 4.17. The zero-order valence-electron chi connectivity index (χ0n) is 16.9. The predicted molar refractivity (Wildman–Crippen MR) is 111 cm³/mol. The van der Waals surface area contributed by atoms with Gasteiger partial charge in [-0.15, -0.1) is 0 Å². The Morgan fingerprint density at radius 1 is 1.26 bits per heavy atom. The van der Waals surface area contributed by atoms with Crippen molar-refractivity contribution in [2.45, 2.75) is 44.6 Å². The first-order valence-electron chi connectivity index (χ1n) is 10.3. The molecule has 4 rings (SSSR count). The molecule has 1 saturated carbocycles. The Bertz CT molecular complexity index is 829. The lowest BCUT2D eigenvalue weighted by atomic mass is 9.68. The van der Waals surface area contributed by atoms with E-state index < -0.39 is 0 Å². The minimum Gasteiger partial charge on any atom is -0.336 e. The first-order chi connectivity index (χ1) is 13.0. The largest absolute Gasteiger partial charge is 0.336 e. The van der Waals surface area contributed by atoms with Gasteiger partial charge in [0.2, 0.25) is 0 Å². The minimum absolute atomic E-state index is 0.0110. The van der Waals surface area contributed by atoms with E-state index in [1.54, 1.807) is 4.57 Å². The Morgan fingerprint density at radius 3 is 2.70 bits per heavy atom. The SMILES string of the molecule is Cc1ccc2c(c1)c(CCN(C)C)cn2C(=O)NCCN1CCC12CCC2. The van der Waals surface area contributed by atoms with Gasteiger partial charge in [-0.25, -0.2) is 4.79 Å². The number of rotatable bonds is 6. The van der Waals surface area contributed by atoms with Crippen molar-refractivity contribution in [1.82, 2.24) is 19.7 Å². The maximum Gasteiger partial charge on any atom is 0.326 e. The highest BCUT2D eigenvalue weighted by molar-refractivity contribution is 5.94. The molecular formula is C22H32N4O. The van der Waals surface area contributed by atoms with E-state index in [4.69, 9.17) is 0 Å². The molecule has 5 nitrogen and oxygen atoms in total. The van der Waals surface area contributed by atoms with E-state index in [0.29, 0.717) is 5.54 Å². The molecule has 2 aliphatic rings. The van der Waals surface area contributed by atoms with E-state index in [9.17, 15) is 4.79 Å². The number of carbonyl (C=O) groups excluding carboxylic acids is 1. The Labute approximate surface area is 162 Å². The van der Waals surface area contributed by atoms with Gasteiger partial charge in [0.25, 0.3) is 0 Å². The topological polar surface area (TPSA) is 40.5 Å². The van der Waals surface area contributed by atoms with Crippen molar-refractivity contribution in [3.8, 4) is 0 Å². The van der Waals surface area contributed by atoms with Crippen molar-refractivity contribution < 1.29 is 4.79 Å². The average molecular weight is 369 g/mol. The van der Waals surface area contributed by atoms with Crippen LogP contribution in [-0.4, -0.2) is 66.2 Å². The molecule has 1 aromatic carbocycles. The molecule has 1 N–H and O–H groups in total. The van der Waals surface area contributed by atoms with E-state index in [2.05, 4.69) is 54.3 Å². The van der Waals surface area contributed by atoms with E-state index in [-0.39, 0.29) is 6.03 Å². The molecule has 5 heteroatoms. The first-order valence-corrected chi connectivity index (χ1v) is 10.3. The number of hydrogen-bond acceptors (Lipinski definition) is 3. The highest BCUT2D eigenvalue weighted by Gasteiger charge is 2.48. The summed E-state index contributed by atoms with van der Waals surface area (Å²) in [6.45, 7) is 5.97. The van der Waals surface area contributed by atoms with E-state index in [1.807, 2.05) is 6.20 Å². The Morgan fingerprint density at radius 2 is 2.07 bits per heavy atom. The Kier molecular flexibility index (Phi) is 4.99. The molecule has 0 atom stereocenters. The molecule has 27 heavy (non-hydrogen) atoms. The summed E-state index contributed by atoms with van der Waals surface area (Å²) in [5, 5.41) is 4.34. The van der Waals surface area contributed by atoms with Crippen LogP contribution >= 0.6 is 0 Å². The van der Waals surface area contributed by atoms with Crippen LogP contribution in [-0.2, 0) is 6.42 Å². The minimum atomic E-state index is -0.0110. The quantitative estimate of drug-likeness (QED) is 0.851. The van der Waals surface area contributed by atoms with Crippen LogP contribution in [0.15, 0.2) is 24.4 Å². The molecule has 0 radical (unpaired) electrons. The molecule has 1 saturated heterocycles. The first kappa shape index (κ1) is 18.5. The number of nitrogens with one attached hydrogen (secondary N) is 1. The fraction of sp³-hybridized carbons (Fsp3) is 0.591. The van der Waals surface area contributed by atoms with Crippen molar-refractivity contribution in [2.24, 2.45) is 0 Å². The second kappa shape index (κ2) is 7.28. The van der Waals surface area contributed by atoms with Crippen LogP contribution in [0.2, 0.25) is 0 Å². The standard InChI is InChI=1S/C22H32N4O/c1-17-5-6-20-19(15-17)18(7-12-24(2)3)16-26(20)21(27)23-11-14-25-13-10-22(25)8-4-9-22/h5-6,15-16H,4,7-14H2,1-3H3,(H,23,27). The van der Waals surface area contributed by atoms with Gasteiger partial charge in [-0.3, -0.25) is 9.47 Å². The molecule has 2 heterocycles. The summed E-state index contributed by atoms with van der Waals surface area (Å²) in [5.74, 6) is 0. The van der Waals surface area contributed by atoms with Gasteiger partial charge < -0.3 is 10.2 Å². The van der Waals surface area contributed by atoms with E-state index in [0.717, 1.165) is 31.6 Å². The van der Waals surface area contributed by atoms with Crippen LogP contribution in [0.5, 0.6) is 0 Å². The molecule has 1 aromatic heterocycles. The Hall–Kier alpha value is -1.85. The van der Waals surface area contributed by atoms with Gasteiger partial charge in [-0.05, 0) is 70.8 Å². The number of aromatic nitrogens is 1. The van der Waals surface area contributed by atoms with Crippen LogP contribution in [0, 0.1) is 6.92 Å². The number of likely N-dealkylation sites (tertiary alicyclic amines) is 1. The second-order valence-electron chi connectivity index (χ2n) is 8.65. The lowest BCUT2D eigenvalue weighted by Crippen LogP contribution is -2.64. The summed E-state index contributed by atoms with van der Waals surface area (Å²) >= 11 is 0. The highest BCUT2D eigenvalue weighted by atomic mass is 16.2. The molecule has 1 amide bonds. The summed E-state index contributed by atoms with van der Waals surface area (Å²) in [5.41, 5.74) is 3.98. The molecule has 0 bridgehead atoms. The fourth-order valence-corrected chi connectivity index (χ4v) is 4.59. The number of nitrogens with zero attached hydrogens (tertiary/aromatic N) is 3. The number of benzene rings is 1.